The summed E-state index contributed by atoms with van der Waals surface area (Å²) in [4.78, 5) is 12.8. The molecule has 1 heterocycles. The Morgan fingerprint density at radius 3 is 2.45 bits per heavy atom. The molecule has 0 spiro atoms. The standard InChI is InChI=1S/C13H10F3NO2S/c14-13(15,16)19-10-5-3-9(4-6-10)12(18)17-8-11-2-1-7-20-11/h1-7H,8H2,(H,17,18). The first-order chi connectivity index (χ1) is 9.44. The number of carbonyl (C=O) groups excluding carboxylic acids is 1. The topological polar surface area (TPSA) is 38.3 Å². The maximum Gasteiger partial charge on any atom is 0.573 e. The highest BCUT2D eigenvalue weighted by molar-refractivity contribution is 7.09. The van der Waals surface area contributed by atoms with E-state index in [1.807, 2.05) is 17.5 Å². The van der Waals surface area contributed by atoms with Crippen LogP contribution < -0.4 is 10.1 Å². The highest BCUT2D eigenvalue weighted by Gasteiger charge is 2.31. The lowest BCUT2D eigenvalue weighted by molar-refractivity contribution is -0.274. The van der Waals surface area contributed by atoms with Crippen molar-refractivity contribution in [2.24, 2.45) is 0 Å². The molecule has 20 heavy (non-hydrogen) atoms. The minimum absolute atomic E-state index is 0.274. The third kappa shape index (κ3) is 4.27. The van der Waals surface area contributed by atoms with Gasteiger partial charge in [-0.05, 0) is 35.7 Å². The van der Waals surface area contributed by atoms with E-state index in [4.69, 9.17) is 0 Å². The zero-order chi connectivity index (χ0) is 14.6. The van der Waals surface area contributed by atoms with Gasteiger partial charge in [-0.15, -0.1) is 24.5 Å². The zero-order valence-corrected chi connectivity index (χ0v) is 10.9. The van der Waals surface area contributed by atoms with E-state index in [-0.39, 0.29) is 17.2 Å². The van der Waals surface area contributed by atoms with Crippen molar-refractivity contribution >= 4 is 17.2 Å². The first-order valence-corrected chi connectivity index (χ1v) is 6.48. The molecule has 1 aromatic carbocycles. The van der Waals surface area contributed by atoms with Crippen LogP contribution in [-0.2, 0) is 6.54 Å². The fourth-order valence-corrected chi connectivity index (χ4v) is 2.14. The molecule has 106 valence electrons. The molecular formula is C13H10F3NO2S. The first-order valence-electron chi connectivity index (χ1n) is 5.60. The minimum atomic E-state index is -4.73. The normalized spacial score (nSPS) is 11.2. The summed E-state index contributed by atoms with van der Waals surface area (Å²) in [5.74, 6) is -0.704. The van der Waals surface area contributed by atoms with Crippen LogP contribution in [0.15, 0.2) is 41.8 Å². The van der Waals surface area contributed by atoms with Crippen LogP contribution in [0.1, 0.15) is 15.2 Å². The molecule has 0 bridgehead atoms. The smallest absolute Gasteiger partial charge is 0.406 e. The largest absolute Gasteiger partial charge is 0.573 e. The highest BCUT2D eigenvalue weighted by atomic mass is 32.1. The molecule has 0 radical (unpaired) electrons. The van der Waals surface area contributed by atoms with E-state index in [2.05, 4.69) is 10.1 Å². The van der Waals surface area contributed by atoms with Crippen molar-refractivity contribution in [3.63, 3.8) is 0 Å². The van der Waals surface area contributed by atoms with Gasteiger partial charge < -0.3 is 10.1 Å². The number of alkyl halides is 3. The number of hydrogen-bond acceptors (Lipinski definition) is 3. The van der Waals surface area contributed by atoms with Gasteiger partial charge in [0.2, 0.25) is 0 Å². The first kappa shape index (κ1) is 14.4. The van der Waals surface area contributed by atoms with Crippen LogP contribution in [0.25, 0.3) is 0 Å². The average Bonchev–Trinajstić information content (AvgIpc) is 2.88. The summed E-state index contributed by atoms with van der Waals surface area (Å²) in [6.45, 7) is 0.386. The van der Waals surface area contributed by atoms with Crippen LogP contribution in [0.4, 0.5) is 13.2 Å². The molecule has 0 saturated carbocycles. The Labute approximate surface area is 117 Å². The second-order valence-electron chi connectivity index (χ2n) is 3.83. The predicted molar refractivity (Wildman–Crippen MR) is 68.6 cm³/mol. The Hall–Kier alpha value is -2.02. The van der Waals surface area contributed by atoms with Gasteiger partial charge in [0.15, 0.2) is 0 Å². The Morgan fingerprint density at radius 1 is 1.20 bits per heavy atom. The third-order valence-electron chi connectivity index (χ3n) is 2.35. The van der Waals surface area contributed by atoms with E-state index in [1.54, 1.807) is 0 Å². The number of carbonyl (C=O) groups is 1. The van der Waals surface area contributed by atoms with Gasteiger partial charge in [0.1, 0.15) is 5.75 Å². The molecule has 3 nitrogen and oxygen atoms in total. The summed E-state index contributed by atoms with van der Waals surface area (Å²) in [5, 5.41) is 4.57. The molecule has 0 aliphatic carbocycles. The molecule has 2 rings (SSSR count). The van der Waals surface area contributed by atoms with E-state index >= 15 is 0 Å². The Balaban J connectivity index is 1.93. The molecule has 1 N–H and O–H groups in total. The monoisotopic (exact) mass is 301 g/mol. The van der Waals surface area contributed by atoms with E-state index in [0.717, 1.165) is 17.0 Å². The molecule has 1 amide bonds. The van der Waals surface area contributed by atoms with Crippen molar-refractivity contribution in [1.82, 2.24) is 5.32 Å². The molecule has 0 aliphatic rings. The van der Waals surface area contributed by atoms with Crippen LogP contribution in [0, 0.1) is 0 Å². The number of nitrogens with one attached hydrogen (secondary N) is 1. The van der Waals surface area contributed by atoms with Gasteiger partial charge in [0.25, 0.3) is 5.91 Å². The summed E-state index contributed by atoms with van der Waals surface area (Å²) >= 11 is 1.51. The maximum absolute atomic E-state index is 12.0. The molecular weight excluding hydrogens is 291 g/mol. The van der Waals surface area contributed by atoms with Crippen LogP contribution in [-0.4, -0.2) is 12.3 Å². The minimum Gasteiger partial charge on any atom is -0.406 e. The van der Waals surface area contributed by atoms with Gasteiger partial charge in [0, 0.05) is 10.4 Å². The Bertz CT molecular complexity index is 564. The summed E-state index contributed by atoms with van der Waals surface area (Å²) in [6.07, 6.45) is -4.73. The Morgan fingerprint density at radius 2 is 1.90 bits per heavy atom. The SMILES string of the molecule is O=C(NCc1cccs1)c1ccc(OC(F)(F)F)cc1. The lowest BCUT2D eigenvalue weighted by Gasteiger charge is -2.09. The molecule has 1 aromatic heterocycles. The van der Waals surface area contributed by atoms with Gasteiger partial charge in [-0.2, -0.15) is 0 Å². The molecule has 0 saturated heterocycles. The molecule has 2 aromatic rings. The summed E-state index contributed by atoms with van der Waals surface area (Å²) in [7, 11) is 0. The Kier molecular flexibility index (Phi) is 4.29. The second-order valence-corrected chi connectivity index (χ2v) is 4.87. The van der Waals surface area contributed by atoms with Crippen molar-refractivity contribution in [2.75, 3.05) is 0 Å². The third-order valence-corrected chi connectivity index (χ3v) is 3.23. The van der Waals surface area contributed by atoms with Crippen molar-refractivity contribution < 1.29 is 22.7 Å². The number of amides is 1. The summed E-state index contributed by atoms with van der Waals surface area (Å²) in [6, 6.07) is 8.53. The molecule has 0 atom stereocenters. The van der Waals surface area contributed by atoms with Crippen molar-refractivity contribution in [1.29, 1.82) is 0 Å². The quantitative estimate of drug-likeness (QED) is 0.937. The van der Waals surface area contributed by atoms with Crippen LogP contribution in [0.2, 0.25) is 0 Å². The van der Waals surface area contributed by atoms with Crippen LogP contribution >= 0.6 is 11.3 Å². The van der Waals surface area contributed by atoms with Gasteiger partial charge in [0.05, 0.1) is 6.54 Å². The zero-order valence-electron chi connectivity index (χ0n) is 10.1. The van der Waals surface area contributed by atoms with E-state index in [1.165, 1.54) is 23.5 Å². The number of halogens is 3. The van der Waals surface area contributed by atoms with Crippen LogP contribution in [0.5, 0.6) is 5.75 Å². The van der Waals surface area contributed by atoms with Crippen molar-refractivity contribution in [3.05, 3.63) is 52.2 Å². The second kappa shape index (κ2) is 5.96. The van der Waals surface area contributed by atoms with E-state index in [9.17, 15) is 18.0 Å². The summed E-state index contributed by atoms with van der Waals surface area (Å²) < 4.78 is 39.7. The average molecular weight is 301 g/mol. The molecule has 0 fully saturated rings. The van der Waals surface area contributed by atoms with E-state index in [0.29, 0.717) is 6.54 Å². The number of thiophene rings is 1. The van der Waals surface area contributed by atoms with Crippen molar-refractivity contribution in [3.8, 4) is 5.75 Å². The molecule has 0 aliphatic heterocycles. The van der Waals surface area contributed by atoms with Gasteiger partial charge >= 0.3 is 6.36 Å². The number of hydrogen-bond donors (Lipinski definition) is 1. The number of ether oxygens (including phenoxy) is 1. The molecule has 0 unspecified atom stereocenters. The predicted octanol–water partition coefficient (Wildman–Crippen LogP) is 3.58. The maximum atomic E-state index is 12.0. The van der Waals surface area contributed by atoms with Crippen molar-refractivity contribution in [2.45, 2.75) is 12.9 Å². The number of benzene rings is 1. The highest BCUT2D eigenvalue weighted by Crippen LogP contribution is 2.22. The fraction of sp³-hybridized carbons (Fsp3) is 0.154. The van der Waals surface area contributed by atoms with Crippen LogP contribution in [0.3, 0.4) is 0 Å². The molecule has 7 heteroatoms. The fourth-order valence-electron chi connectivity index (χ4n) is 1.49. The summed E-state index contributed by atoms with van der Waals surface area (Å²) in [5.41, 5.74) is 0.274. The van der Waals surface area contributed by atoms with Gasteiger partial charge in [-0.25, -0.2) is 0 Å². The lowest BCUT2D eigenvalue weighted by atomic mass is 10.2. The van der Waals surface area contributed by atoms with Gasteiger partial charge in [-0.1, -0.05) is 6.07 Å². The lowest BCUT2D eigenvalue weighted by Crippen LogP contribution is -2.22. The van der Waals surface area contributed by atoms with Gasteiger partial charge in [-0.3, -0.25) is 4.79 Å². The van der Waals surface area contributed by atoms with E-state index < -0.39 is 6.36 Å². The number of rotatable bonds is 4.